The number of nitrogens with two attached hydrogens (primary N) is 1. The highest BCUT2D eigenvalue weighted by molar-refractivity contribution is 7.88. The third-order valence-corrected chi connectivity index (χ3v) is 4.93. The number of hydrogen-bond donors (Lipinski definition) is 2. The molecule has 0 amide bonds. The minimum atomic E-state index is -3.32. The standard InChI is InChI=1S/C14H23N3O2S/c1-2-17(13-7-8-13)10-9-16-20(18,19)11-12-5-3-4-6-14(12)15/h3-6,13,16H,2,7-11,15H2,1H3. The van der Waals surface area contributed by atoms with Crippen LogP contribution in [-0.4, -0.2) is 39.0 Å². The van der Waals surface area contributed by atoms with Crippen LogP contribution in [0.25, 0.3) is 0 Å². The first-order valence-corrected chi connectivity index (χ1v) is 8.72. The Morgan fingerprint density at radius 2 is 2.05 bits per heavy atom. The van der Waals surface area contributed by atoms with E-state index in [-0.39, 0.29) is 5.75 Å². The average molecular weight is 297 g/mol. The van der Waals surface area contributed by atoms with Gasteiger partial charge >= 0.3 is 0 Å². The summed E-state index contributed by atoms with van der Waals surface area (Å²) >= 11 is 0. The molecule has 0 heterocycles. The van der Waals surface area contributed by atoms with Gasteiger partial charge in [0, 0.05) is 24.8 Å². The number of sulfonamides is 1. The van der Waals surface area contributed by atoms with E-state index in [0.29, 0.717) is 23.8 Å². The second-order valence-corrected chi connectivity index (χ2v) is 7.02. The molecule has 5 nitrogen and oxygen atoms in total. The molecule has 0 aromatic heterocycles. The molecule has 1 saturated carbocycles. The Kier molecular flexibility index (Phi) is 5.01. The lowest BCUT2D eigenvalue weighted by molar-refractivity contribution is 0.282. The van der Waals surface area contributed by atoms with Gasteiger partial charge in [0.05, 0.1) is 5.75 Å². The Labute approximate surface area is 121 Å². The molecule has 0 atom stereocenters. The van der Waals surface area contributed by atoms with Gasteiger partial charge in [-0.1, -0.05) is 25.1 Å². The molecule has 1 aliphatic rings. The van der Waals surface area contributed by atoms with Gasteiger partial charge in [0.15, 0.2) is 0 Å². The largest absolute Gasteiger partial charge is 0.398 e. The molecule has 0 radical (unpaired) electrons. The predicted molar refractivity (Wildman–Crippen MR) is 81.7 cm³/mol. The third kappa shape index (κ3) is 4.47. The molecule has 1 aromatic carbocycles. The van der Waals surface area contributed by atoms with Crippen molar-refractivity contribution in [2.24, 2.45) is 0 Å². The second-order valence-electron chi connectivity index (χ2n) is 5.21. The fourth-order valence-electron chi connectivity index (χ4n) is 2.30. The van der Waals surface area contributed by atoms with Gasteiger partial charge in [0.25, 0.3) is 0 Å². The van der Waals surface area contributed by atoms with Gasteiger partial charge < -0.3 is 5.73 Å². The monoisotopic (exact) mass is 297 g/mol. The fourth-order valence-corrected chi connectivity index (χ4v) is 3.48. The van der Waals surface area contributed by atoms with Crippen molar-refractivity contribution in [3.63, 3.8) is 0 Å². The molecular formula is C14H23N3O2S. The van der Waals surface area contributed by atoms with E-state index in [1.54, 1.807) is 24.3 Å². The summed E-state index contributed by atoms with van der Waals surface area (Å²) < 4.78 is 26.7. The van der Waals surface area contributed by atoms with Gasteiger partial charge in [0.2, 0.25) is 10.0 Å². The van der Waals surface area contributed by atoms with Crippen molar-refractivity contribution in [2.45, 2.75) is 31.6 Å². The van der Waals surface area contributed by atoms with Crippen molar-refractivity contribution in [2.75, 3.05) is 25.4 Å². The van der Waals surface area contributed by atoms with Crippen LogP contribution in [0, 0.1) is 0 Å². The van der Waals surface area contributed by atoms with Gasteiger partial charge in [-0.05, 0) is 31.0 Å². The first-order valence-electron chi connectivity index (χ1n) is 7.06. The van der Waals surface area contributed by atoms with Gasteiger partial charge in [-0.3, -0.25) is 4.90 Å². The average Bonchev–Trinajstić information content (AvgIpc) is 3.22. The van der Waals surface area contributed by atoms with Crippen LogP contribution in [0.15, 0.2) is 24.3 Å². The van der Waals surface area contributed by atoms with E-state index >= 15 is 0 Å². The lowest BCUT2D eigenvalue weighted by Gasteiger charge is -2.19. The summed E-state index contributed by atoms with van der Waals surface area (Å²) in [5, 5.41) is 0. The number of anilines is 1. The number of para-hydroxylation sites is 1. The van der Waals surface area contributed by atoms with Crippen LogP contribution in [0.5, 0.6) is 0 Å². The highest BCUT2D eigenvalue weighted by Crippen LogP contribution is 2.25. The zero-order valence-electron chi connectivity index (χ0n) is 11.9. The molecular weight excluding hydrogens is 274 g/mol. The van der Waals surface area contributed by atoms with E-state index in [4.69, 9.17) is 5.73 Å². The van der Waals surface area contributed by atoms with Crippen molar-refractivity contribution < 1.29 is 8.42 Å². The predicted octanol–water partition coefficient (Wildman–Crippen LogP) is 1.17. The highest BCUT2D eigenvalue weighted by Gasteiger charge is 2.27. The van der Waals surface area contributed by atoms with E-state index in [1.165, 1.54) is 12.8 Å². The molecule has 6 heteroatoms. The summed E-state index contributed by atoms with van der Waals surface area (Å²) in [6, 6.07) is 7.73. The molecule has 3 N–H and O–H groups in total. The van der Waals surface area contributed by atoms with E-state index in [0.717, 1.165) is 13.1 Å². The normalized spacial score (nSPS) is 15.7. The van der Waals surface area contributed by atoms with E-state index in [9.17, 15) is 8.42 Å². The first-order chi connectivity index (χ1) is 9.52. The molecule has 1 fully saturated rings. The van der Waals surface area contributed by atoms with Crippen molar-refractivity contribution in [1.82, 2.24) is 9.62 Å². The molecule has 0 saturated heterocycles. The minimum absolute atomic E-state index is 0.0603. The number of likely N-dealkylation sites (N-methyl/N-ethyl adjacent to an activating group) is 1. The van der Waals surface area contributed by atoms with Crippen LogP contribution in [0.1, 0.15) is 25.3 Å². The van der Waals surface area contributed by atoms with E-state index in [2.05, 4.69) is 16.5 Å². The van der Waals surface area contributed by atoms with Crippen molar-refractivity contribution in [3.05, 3.63) is 29.8 Å². The Morgan fingerprint density at radius 3 is 2.65 bits per heavy atom. The zero-order chi connectivity index (χ0) is 14.6. The number of hydrogen-bond acceptors (Lipinski definition) is 4. The van der Waals surface area contributed by atoms with E-state index in [1.807, 2.05) is 0 Å². The first kappa shape index (κ1) is 15.3. The summed E-state index contributed by atoms with van der Waals surface area (Å²) in [7, 11) is -3.32. The summed E-state index contributed by atoms with van der Waals surface area (Å²) in [4.78, 5) is 2.32. The molecule has 0 aliphatic heterocycles. The lowest BCUT2D eigenvalue weighted by atomic mass is 10.2. The summed E-state index contributed by atoms with van der Waals surface area (Å²) in [6.07, 6.45) is 2.47. The van der Waals surface area contributed by atoms with Gasteiger partial charge in [-0.25, -0.2) is 13.1 Å². The Bertz CT molecular complexity index is 541. The van der Waals surface area contributed by atoms with Crippen LogP contribution in [0.3, 0.4) is 0 Å². The minimum Gasteiger partial charge on any atom is -0.398 e. The lowest BCUT2D eigenvalue weighted by Crippen LogP contribution is -2.36. The molecule has 0 spiro atoms. The maximum absolute atomic E-state index is 12.0. The Hall–Kier alpha value is -1.11. The van der Waals surface area contributed by atoms with Gasteiger partial charge in [0.1, 0.15) is 0 Å². The number of benzene rings is 1. The van der Waals surface area contributed by atoms with Crippen molar-refractivity contribution in [1.29, 1.82) is 0 Å². The van der Waals surface area contributed by atoms with E-state index < -0.39 is 10.0 Å². The maximum Gasteiger partial charge on any atom is 0.215 e. The zero-order valence-corrected chi connectivity index (χ0v) is 12.7. The van der Waals surface area contributed by atoms with Gasteiger partial charge in [-0.15, -0.1) is 0 Å². The maximum atomic E-state index is 12.0. The van der Waals surface area contributed by atoms with Crippen LogP contribution < -0.4 is 10.5 Å². The Morgan fingerprint density at radius 1 is 1.35 bits per heavy atom. The van der Waals surface area contributed by atoms with Crippen LogP contribution in [-0.2, 0) is 15.8 Å². The smallest absolute Gasteiger partial charge is 0.215 e. The van der Waals surface area contributed by atoms with Crippen LogP contribution in [0.2, 0.25) is 0 Å². The molecule has 2 rings (SSSR count). The number of nitrogen functional groups attached to an aromatic ring is 1. The molecule has 1 aliphatic carbocycles. The van der Waals surface area contributed by atoms with Crippen LogP contribution in [0.4, 0.5) is 5.69 Å². The molecule has 0 bridgehead atoms. The van der Waals surface area contributed by atoms with Crippen LogP contribution >= 0.6 is 0 Å². The molecule has 20 heavy (non-hydrogen) atoms. The number of rotatable bonds is 8. The van der Waals surface area contributed by atoms with Crippen molar-refractivity contribution in [3.8, 4) is 0 Å². The fraction of sp³-hybridized carbons (Fsp3) is 0.571. The number of nitrogens with zero attached hydrogens (tertiary/aromatic N) is 1. The number of nitrogens with one attached hydrogen (secondary N) is 1. The SMILES string of the molecule is CCN(CCNS(=O)(=O)Cc1ccccc1N)C1CC1. The third-order valence-electron chi connectivity index (χ3n) is 3.59. The Balaban J connectivity index is 1.83. The molecule has 0 unspecified atom stereocenters. The summed E-state index contributed by atoms with van der Waals surface area (Å²) in [5.74, 6) is -0.0603. The van der Waals surface area contributed by atoms with Gasteiger partial charge in [-0.2, -0.15) is 0 Å². The highest BCUT2D eigenvalue weighted by atomic mass is 32.2. The summed E-state index contributed by atoms with van der Waals surface area (Å²) in [6.45, 7) is 4.31. The van der Waals surface area contributed by atoms with Crippen molar-refractivity contribution >= 4 is 15.7 Å². The second kappa shape index (κ2) is 6.56. The topological polar surface area (TPSA) is 75.4 Å². The quantitative estimate of drug-likeness (QED) is 0.706. The summed E-state index contributed by atoms with van der Waals surface area (Å²) in [5.41, 5.74) is 6.94. The molecule has 112 valence electrons. The molecule has 1 aromatic rings.